The fourth-order valence-electron chi connectivity index (χ4n) is 5.42. The quantitative estimate of drug-likeness (QED) is 0.274. The second-order valence-electron chi connectivity index (χ2n) is 13.5. The number of allylic oxidation sites excluding steroid dienone is 2. The van der Waals surface area contributed by atoms with Crippen LogP contribution in [0.2, 0.25) is 0 Å². The maximum absolute atomic E-state index is 11.1. The van der Waals surface area contributed by atoms with Gasteiger partial charge in [-0.15, -0.1) is 13.2 Å². The van der Waals surface area contributed by atoms with Gasteiger partial charge >= 0.3 is 0 Å². The number of phenols is 2. The SMILES string of the molecule is C=CCc1cc(C(C)(C)C)cc(CSC2CCCCCCC2SCc2cc(C(C)(C)C)cc(CC=C)c2O)c1O. The van der Waals surface area contributed by atoms with Crippen LogP contribution in [0.1, 0.15) is 113 Å². The van der Waals surface area contributed by atoms with Gasteiger partial charge in [0.05, 0.1) is 0 Å². The predicted molar refractivity (Wildman–Crippen MR) is 179 cm³/mol. The van der Waals surface area contributed by atoms with Gasteiger partial charge in [-0.05, 0) is 58.8 Å². The summed E-state index contributed by atoms with van der Waals surface area (Å²) < 4.78 is 0. The molecule has 0 aliphatic heterocycles. The van der Waals surface area contributed by atoms with E-state index < -0.39 is 0 Å². The average Bonchev–Trinajstić information content (AvgIpc) is 2.85. The minimum Gasteiger partial charge on any atom is -0.507 e. The van der Waals surface area contributed by atoms with Gasteiger partial charge in [-0.1, -0.05) is 104 Å². The molecular formula is C36H52O2S2. The molecule has 0 aromatic heterocycles. The Morgan fingerprint density at radius 2 is 1.00 bits per heavy atom. The monoisotopic (exact) mass is 580 g/mol. The van der Waals surface area contributed by atoms with Crippen LogP contribution < -0.4 is 0 Å². The molecule has 3 rings (SSSR count). The number of rotatable bonds is 10. The van der Waals surface area contributed by atoms with Gasteiger partial charge in [0.1, 0.15) is 11.5 Å². The molecule has 1 fully saturated rings. The van der Waals surface area contributed by atoms with E-state index in [9.17, 15) is 10.2 Å². The van der Waals surface area contributed by atoms with Gasteiger partial charge in [0.2, 0.25) is 0 Å². The van der Waals surface area contributed by atoms with Crippen LogP contribution in [-0.2, 0) is 35.2 Å². The van der Waals surface area contributed by atoms with E-state index in [0.29, 0.717) is 34.8 Å². The number of hydrogen-bond donors (Lipinski definition) is 2. The highest BCUT2D eigenvalue weighted by molar-refractivity contribution is 8.03. The Balaban J connectivity index is 1.84. The van der Waals surface area contributed by atoms with Gasteiger partial charge < -0.3 is 10.2 Å². The summed E-state index contributed by atoms with van der Waals surface area (Å²) in [6.45, 7) is 21.2. The highest BCUT2D eigenvalue weighted by atomic mass is 32.2. The summed E-state index contributed by atoms with van der Waals surface area (Å²) in [5, 5.41) is 23.3. The van der Waals surface area contributed by atoms with Crippen molar-refractivity contribution in [2.75, 3.05) is 0 Å². The van der Waals surface area contributed by atoms with Gasteiger partial charge in [-0.3, -0.25) is 0 Å². The molecule has 1 saturated carbocycles. The van der Waals surface area contributed by atoms with Crippen LogP contribution in [0.5, 0.6) is 11.5 Å². The molecular weight excluding hydrogens is 529 g/mol. The molecule has 2 unspecified atom stereocenters. The second kappa shape index (κ2) is 14.4. The first-order valence-electron chi connectivity index (χ1n) is 15.0. The third kappa shape index (κ3) is 8.86. The van der Waals surface area contributed by atoms with Crippen molar-refractivity contribution in [2.24, 2.45) is 0 Å². The van der Waals surface area contributed by atoms with E-state index >= 15 is 0 Å². The Bertz CT molecular complexity index is 1060. The number of aromatic hydroxyl groups is 2. The molecule has 0 heterocycles. The molecule has 2 nitrogen and oxygen atoms in total. The summed E-state index contributed by atoms with van der Waals surface area (Å²) in [4.78, 5) is 0. The Morgan fingerprint density at radius 1 is 0.650 bits per heavy atom. The maximum Gasteiger partial charge on any atom is 0.123 e. The van der Waals surface area contributed by atoms with Crippen LogP contribution >= 0.6 is 23.5 Å². The first-order valence-corrected chi connectivity index (χ1v) is 17.1. The Labute approximate surface area is 253 Å². The third-order valence-corrected chi connectivity index (χ3v) is 11.2. The minimum atomic E-state index is 0.0235. The Hall–Kier alpha value is -1.78. The molecule has 0 amide bonds. The molecule has 220 valence electrons. The maximum atomic E-state index is 11.1. The average molecular weight is 581 g/mol. The van der Waals surface area contributed by atoms with Crippen LogP contribution in [0.25, 0.3) is 0 Å². The highest BCUT2D eigenvalue weighted by Gasteiger charge is 2.26. The molecule has 0 radical (unpaired) electrons. The van der Waals surface area contributed by atoms with E-state index in [0.717, 1.165) is 33.8 Å². The number of benzene rings is 2. The summed E-state index contributed by atoms with van der Waals surface area (Å²) in [5.41, 5.74) is 6.63. The van der Waals surface area contributed by atoms with E-state index in [2.05, 4.69) is 79.0 Å². The van der Waals surface area contributed by atoms with Crippen LogP contribution in [0.3, 0.4) is 0 Å². The lowest BCUT2D eigenvalue weighted by molar-refractivity contribution is 0.462. The van der Waals surface area contributed by atoms with Crippen molar-refractivity contribution in [2.45, 2.75) is 126 Å². The molecule has 2 aromatic rings. The molecule has 1 aliphatic rings. The molecule has 0 bridgehead atoms. The lowest BCUT2D eigenvalue weighted by Gasteiger charge is -2.30. The zero-order valence-corrected chi connectivity index (χ0v) is 27.4. The predicted octanol–water partition coefficient (Wildman–Crippen LogP) is 10.4. The number of thioether (sulfide) groups is 2. The summed E-state index contributed by atoms with van der Waals surface area (Å²) in [6.07, 6.45) is 12.7. The number of phenolic OH excluding ortho intramolecular Hbond substituents is 2. The van der Waals surface area contributed by atoms with Crippen LogP contribution in [0, 0.1) is 0 Å². The lowest BCUT2D eigenvalue weighted by Crippen LogP contribution is -2.22. The first-order chi connectivity index (χ1) is 18.8. The van der Waals surface area contributed by atoms with Gasteiger partial charge in [0.25, 0.3) is 0 Å². The van der Waals surface area contributed by atoms with Gasteiger partial charge in [0.15, 0.2) is 0 Å². The van der Waals surface area contributed by atoms with Crippen molar-refractivity contribution in [3.63, 3.8) is 0 Å². The van der Waals surface area contributed by atoms with E-state index in [-0.39, 0.29) is 10.8 Å². The largest absolute Gasteiger partial charge is 0.507 e. The third-order valence-electron chi connectivity index (χ3n) is 8.04. The zero-order chi connectivity index (χ0) is 29.5. The summed E-state index contributed by atoms with van der Waals surface area (Å²) in [7, 11) is 0. The molecule has 2 aromatic carbocycles. The standard InChI is InChI=1S/C36H52O2S2/c1-9-15-25-19-29(35(3,4)5)21-27(33(25)37)23-39-31-17-13-11-12-14-18-32(31)40-24-28-22-30(36(6,7)8)20-26(16-10-2)34(28)38/h9-10,19-22,31-32,37-38H,1-2,11-18,23-24H2,3-8H3. The second-order valence-corrected chi connectivity index (χ2v) is 15.9. The molecule has 0 saturated heterocycles. The number of hydrogen-bond acceptors (Lipinski definition) is 4. The molecule has 4 heteroatoms. The fraction of sp³-hybridized carbons (Fsp3) is 0.556. The van der Waals surface area contributed by atoms with Gasteiger partial charge in [-0.25, -0.2) is 0 Å². The summed E-state index contributed by atoms with van der Waals surface area (Å²) in [5.74, 6) is 2.51. The summed E-state index contributed by atoms with van der Waals surface area (Å²) in [6, 6.07) is 8.74. The minimum absolute atomic E-state index is 0.0235. The van der Waals surface area contributed by atoms with Crippen molar-refractivity contribution in [1.29, 1.82) is 0 Å². The van der Waals surface area contributed by atoms with Crippen molar-refractivity contribution >= 4 is 23.5 Å². The molecule has 2 N–H and O–H groups in total. The van der Waals surface area contributed by atoms with Crippen LogP contribution in [0.15, 0.2) is 49.6 Å². The molecule has 0 spiro atoms. The molecule has 1 aliphatic carbocycles. The smallest absolute Gasteiger partial charge is 0.123 e. The van der Waals surface area contributed by atoms with Crippen molar-refractivity contribution in [3.05, 3.63) is 83.0 Å². The van der Waals surface area contributed by atoms with Crippen LogP contribution in [-0.4, -0.2) is 20.7 Å². The Morgan fingerprint density at radius 3 is 1.32 bits per heavy atom. The van der Waals surface area contributed by atoms with E-state index in [1.54, 1.807) is 0 Å². The molecule has 40 heavy (non-hydrogen) atoms. The fourth-order valence-corrected chi connectivity index (χ4v) is 8.49. The first kappa shape index (κ1) is 32.7. The van der Waals surface area contributed by atoms with Crippen molar-refractivity contribution in [1.82, 2.24) is 0 Å². The van der Waals surface area contributed by atoms with Gasteiger partial charge in [-0.2, -0.15) is 23.5 Å². The Kier molecular flexibility index (Phi) is 11.8. The normalized spacial score (nSPS) is 18.6. The van der Waals surface area contributed by atoms with E-state index in [1.807, 2.05) is 35.7 Å². The topological polar surface area (TPSA) is 40.5 Å². The van der Waals surface area contributed by atoms with Gasteiger partial charge in [0, 0.05) is 33.1 Å². The van der Waals surface area contributed by atoms with Crippen molar-refractivity contribution < 1.29 is 10.2 Å². The zero-order valence-electron chi connectivity index (χ0n) is 25.8. The van der Waals surface area contributed by atoms with E-state index in [4.69, 9.17) is 0 Å². The highest BCUT2D eigenvalue weighted by Crippen LogP contribution is 2.41. The summed E-state index contributed by atoms with van der Waals surface area (Å²) >= 11 is 4.03. The van der Waals surface area contributed by atoms with E-state index in [1.165, 1.54) is 49.7 Å². The molecule has 2 atom stereocenters. The van der Waals surface area contributed by atoms with Crippen LogP contribution in [0.4, 0.5) is 0 Å². The van der Waals surface area contributed by atoms with Crippen molar-refractivity contribution in [3.8, 4) is 11.5 Å². The lowest BCUT2D eigenvalue weighted by atomic mass is 9.84.